The zero-order chi connectivity index (χ0) is 11.9. The highest BCUT2D eigenvalue weighted by atomic mass is 31.2. The Morgan fingerprint density at radius 2 is 1.60 bits per heavy atom. The Morgan fingerprint density at radius 3 is 1.87 bits per heavy atom. The summed E-state index contributed by atoms with van der Waals surface area (Å²) in [7, 11) is -3.12. The van der Waals surface area contributed by atoms with E-state index >= 15 is 0 Å². The molecule has 0 heterocycles. The Hall–Kier alpha value is 0.0700. The van der Waals surface area contributed by atoms with Crippen LogP contribution < -0.4 is 5.73 Å². The van der Waals surface area contributed by atoms with Gasteiger partial charge < -0.3 is 19.7 Å². The van der Waals surface area contributed by atoms with Crippen molar-refractivity contribution in [3.63, 3.8) is 0 Å². The van der Waals surface area contributed by atoms with Crippen LogP contribution in [0.5, 0.6) is 0 Å². The molecule has 0 aliphatic rings. The SMILES string of the molecule is CCOC(C)(OCC)P(=O)(CN)OCC. The third-order valence-electron chi connectivity index (χ3n) is 2.02. The molecule has 0 saturated heterocycles. The van der Waals surface area contributed by atoms with Gasteiger partial charge in [0, 0.05) is 13.2 Å². The Bertz CT molecular complexity index is 216. The van der Waals surface area contributed by atoms with Crippen molar-refractivity contribution in [3.05, 3.63) is 0 Å². The average Bonchev–Trinajstić information content (AvgIpc) is 2.18. The van der Waals surface area contributed by atoms with Crippen LogP contribution in [0.2, 0.25) is 0 Å². The van der Waals surface area contributed by atoms with Gasteiger partial charge in [0.15, 0.2) is 0 Å². The first-order chi connectivity index (χ1) is 6.99. The van der Waals surface area contributed by atoms with Crippen molar-refractivity contribution in [1.29, 1.82) is 0 Å². The molecule has 0 aromatic carbocycles. The molecule has 0 aliphatic carbocycles. The topological polar surface area (TPSA) is 70.8 Å². The van der Waals surface area contributed by atoms with E-state index in [1.165, 1.54) is 0 Å². The Morgan fingerprint density at radius 1 is 1.13 bits per heavy atom. The van der Waals surface area contributed by atoms with Gasteiger partial charge in [0.2, 0.25) is 5.53 Å². The summed E-state index contributed by atoms with van der Waals surface area (Å²) in [4.78, 5) is 0. The lowest BCUT2D eigenvalue weighted by Crippen LogP contribution is -2.36. The van der Waals surface area contributed by atoms with E-state index in [4.69, 9.17) is 19.7 Å². The molecule has 2 N–H and O–H groups in total. The van der Waals surface area contributed by atoms with Gasteiger partial charge in [-0.3, -0.25) is 4.57 Å². The van der Waals surface area contributed by atoms with Crippen LogP contribution in [0.4, 0.5) is 0 Å². The van der Waals surface area contributed by atoms with Crippen molar-refractivity contribution in [2.24, 2.45) is 5.73 Å². The summed E-state index contributed by atoms with van der Waals surface area (Å²) < 4.78 is 28.4. The highest BCUT2D eigenvalue weighted by Crippen LogP contribution is 2.58. The highest BCUT2D eigenvalue weighted by Gasteiger charge is 2.46. The van der Waals surface area contributed by atoms with Crippen LogP contribution in [0, 0.1) is 0 Å². The first-order valence-corrected chi connectivity index (χ1v) is 7.02. The second-order valence-corrected chi connectivity index (χ2v) is 5.82. The van der Waals surface area contributed by atoms with Crippen molar-refractivity contribution in [2.75, 3.05) is 26.1 Å². The van der Waals surface area contributed by atoms with Gasteiger partial charge in [0.05, 0.1) is 12.9 Å². The quantitative estimate of drug-likeness (QED) is 0.518. The molecule has 0 rings (SSSR count). The minimum atomic E-state index is -3.12. The van der Waals surface area contributed by atoms with Gasteiger partial charge in [0.1, 0.15) is 0 Å². The molecule has 1 atom stereocenters. The molecular weight excluding hydrogens is 217 g/mol. The lowest BCUT2D eigenvalue weighted by atomic mass is 10.7. The maximum Gasteiger partial charge on any atom is 0.273 e. The fraction of sp³-hybridized carbons (Fsp3) is 1.00. The van der Waals surface area contributed by atoms with E-state index in [2.05, 4.69) is 0 Å². The molecule has 6 heteroatoms. The smallest absolute Gasteiger partial charge is 0.273 e. The number of nitrogens with two attached hydrogens (primary N) is 1. The summed E-state index contributed by atoms with van der Waals surface area (Å²) >= 11 is 0. The van der Waals surface area contributed by atoms with Crippen LogP contribution in [-0.2, 0) is 18.6 Å². The summed E-state index contributed by atoms with van der Waals surface area (Å²) in [5.41, 5.74) is 4.26. The van der Waals surface area contributed by atoms with Gasteiger partial charge in [-0.05, 0) is 27.7 Å². The van der Waals surface area contributed by atoms with E-state index in [0.717, 1.165) is 0 Å². The third kappa shape index (κ3) is 3.54. The van der Waals surface area contributed by atoms with Crippen molar-refractivity contribution in [3.8, 4) is 0 Å². The van der Waals surface area contributed by atoms with Crippen molar-refractivity contribution in [2.45, 2.75) is 33.2 Å². The van der Waals surface area contributed by atoms with Gasteiger partial charge in [-0.25, -0.2) is 0 Å². The molecule has 5 nitrogen and oxygen atoms in total. The molecule has 0 bridgehead atoms. The van der Waals surface area contributed by atoms with Crippen molar-refractivity contribution < 1.29 is 18.6 Å². The van der Waals surface area contributed by atoms with Crippen LogP contribution in [-0.4, -0.2) is 31.6 Å². The van der Waals surface area contributed by atoms with Gasteiger partial charge >= 0.3 is 0 Å². The maximum atomic E-state index is 12.4. The van der Waals surface area contributed by atoms with Crippen molar-refractivity contribution in [1.82, 2.24) is 0 Å². The molecule has 1 unspecified atom stereocenters. The van der Waals surface area contributed by atoms with E-state index < -0.39 is 12.9 Å². The summed E-state index contributed by atoms with van der Waals surface area (Å²) in [6.45, 7) is 8.11. The maximum absolute atomic E-state index is 12.4. The minimum Gasteiger partial charge on any atom is -0.342 e. The van der Waals surface area contributed by atoms with Gasteiger partial charge in [-0.2, -0.15) is 0 Å². The number of hydrogen-bond acceptors (Lipinski definition) is 5. The largest absolute Gasteiger partial charge is 0.342 e. The van der Waals surface area contributed by atoms with Crippen LogP contribution in [0.25, 0.3) is 0 Å². The summed E-state index contributed by atoms with van der Waals surface area (Å²) in [6, 6.07) is 0. The first-order valence-electron chi connectivity index (χ1n) is 5.21. The predicted octanol–water partition coefficient (Wildman–Crippen LogP) is 1.96. The fourth-order valence-electron chi connectivity index (χ4n) is 1.32. The van der Waals surface area contributed by atoms with E-state index in [1.54, 1.807) is 13.8 Å². The summed E-state index contributed by atoms with van der Waals surface area (Å²) in [5.74, 6) is 0. The first kappa shape index (κ1) is 15.1. The van der Waals surface area contributed by atoms with Crippen LogP contribution in [0.3, 0.4) is 0 Å². The molecule has 0 aromatic heterocycles. The highest BCUT2D eigenvalue weighted by molar-refractivity contribution is 7.60. The lowest BCUT2D eigenvalue weighted by Gasteiger charge is -2.35. The monoisotopic (exact) mass is 239 g/mol. The zero-order valence-corrected chi connectivity index (χ0v) is 10.9. The second-order valence-electron chi connectivity index (χ2n) is 3.04. The number of ether oxygens (including phenoxy) is 2. The molecule has 0 fully saturated rings. The van der Waals surface area contributed by atoms with E-state index in [-0.39, 0.29) is 6.29 Å². The number of rotatable bonds is 8. The Labute approximate surface area is 91.7 Å². The summed E-state index contributed by atoms with van der Waals surface area (Å²) in [5, 5.41) is 0. The molecule has 0 saturated carbocycles. The predicted molar refractivity (Wildman–Crippen MR) is 59.9 cm³/mol. The van der Waals surface area contributed by atoms with E-state index in [9.17, 15) is 4.57 Å². The Kier molecular flexibility index (Phi) is 6.64. The van der Waals surface area contributed by atoms with Gasteiger partial charge in [-0.1, -0.05) is 0 Å². The van der Waals surface area contributed by atoms with Crippen LogP contribution in [0.15, 0.2) is 0 Å². The third-order valence-corrected chi connectivity index (χ3v) is 4.67. The molecule has 0 radical (unpaired) electrons. The standard InChI is InChI=1S/C9H22NO4P/c1-5-12-9(4,13-6-2)15(11,8-10)14-7-3/h5-8,10H2,1-4H3. The molecule has 92 valence electrons. The van der Waals surface area contributed by atoms with Gasteiger partial charge in [0.25, 0.3) is 7.37 Å². The zero-order valence-electron chi connectivity index (χ0n) is 9.99. The van der Waals surface area contributed by atoms with E-state index in [1.807, 2.05) is 13.8 Å². The molecule has 15 heavy (non-hydrogen) atoms. The normalized spacial score (nSPS) is 16.3. The van der Waals surface area contributed by atoms with Crippen molar-refractivity contribution >= 4 is 7.37 Å². The average molecular weight is 239 g/mol. The lowest BCUT2D eigenvalue weighted by molar-refractivity contribution is -0.167. The second kappa shape index (κ2) is 6.61. The van der Waals surface area contributed by atoms with Crippen LogP contribution >= 0.6 is 7.37 Å². The van der Waals surface area contributed by atoms with E-state index in [0.29, 0.717) is 19.8 Å². The molecule has 0 aliphatic heterocycles. The number of hydrogen-bond donors (Lipinski definition) is 1. The molecule has 0 amide bonds. The van der Waals surface area contributed by atoms with Crippen LogP contribution in [0.1, 0.15) is 27.7 Å². The fourth-order valence-corrected chi connectivity index (χ4v) is 3.06. The minimum absolute atomic E-state index is 0.0860. The van der Waals surface area contributed by atoms with Gasteiger partial charge in [-0.15, -0.1) is 0 Å². The summed E-state index contributed by atoms with van der Waals surface area (Å²) in [6.07, 6.45) is -0.0860. The molecular formula is C9H22NO4P. The molecule has 0 spiro atoms. The molecule has 0 aromatic rings. The Balaban J connectivity index is 4.91.